The second kappa shape index (κ2) is 36.0. The number of rotatable bonds is 38. The summed E-state index contributed by atoms with van der Waals surface area (Å²) in [7, 11) is 0. The number of nitrogens with one attached hydrogen (secondary N) is 9. The first-order chi connectivity index (χ1) is 37.8. The number of unbranched alkanes of at least 4 members (excludes halogenated alkanes) is 1. The summed E-state index contributed by atoms with van der Waals surface area (Å²) in [6, 6.07) is -13.1. The van der Waals surface area contributed by atoms with Crippen molar-refractivity contribution in [1.29, 1.82) is 0 Å². The van der Waals surface area contributed by atoms with E-state index in [1.807, 2.05) is 0 Å². The van der Waals surface area contributed by atoms with Gasteiger partial charge in [0.05, 0.1) is 12.6 Å². The van der Waals surface area contributed by atoms with E-state index in [0.717, 1.165) is 0 Å². The van der Waals surface area contributed by atoms with Crippen LogP contribution in [0, 0.1) is 17.8 Å². The van der Waals surface area contributed by atoms with Gasteiger partial charge in [0, 0.05) is 25.8 Å². The molecule has 0 aromatic carbocycles. The smallest absolute Gasteiger partial charge is 0.326 e. The number of likely N-dealkylation sites (tertiary alicyclic amines) is 1. The molecule has 0 spiro atoms. The molecule has 30 nitrogen and oxygen atoms in total. The number of amides is 12. The predicted octanol–water partition coefficient (Wildman–Crippen LogP) is -4.30. The lowest BCUT2D eigenvalue weighted by Crippen LogP contribution is -2.60. The van der Waals surface area contributed by atoms with E-state index in [1.54, 1.807) is 41.5 Å². The van der Waals surface area contributed by atoms with Gasteiger partial charge < -0.3 is 85.9 Å². The number of carbonyl (C=O) groups excluding carboxylic acids is 12. The molecule has 11 atom stereocenters. The summed E-state index contributed by atoms with van der Waals surface area (Å²) in [5, 5.41) is 41.2. The third-order valence-corrected chi connectivity index (χ3v) is 13.3. The normalized spacial score (nSPS) is 16.7. The van der Waals surface area contributed by atoms with Crippen molar-refractivity contribution in [3.8, 4) is 0 Å². The zero-order chi connectivity index (χ0) is 61.8. The Morgan fingerprint density at radius 1 is 0.568 bits per heavy atom. The van der Waals surface area contributed by atoms with Crippen molar-refractivity contribution >= 4 is 82.8 Å². The van der Waals surface area contributed by atoms with Gasteiger partial charge in [-0.25, -0.2) is 4.79 Å². The van der Waals surface area contributed by atoms with E-state index in [-0.39, 0.29) is 51.0 Å². The lowest BCUT2D eigenvalue weighted by molar-refractivity contribution is -0.144. The first-order valence-electron chi connectivity index (χ1n) is 27.3. The molecule has 19 N–H and O–H groups in total. The highest BCUT2D eigenvalue weighted by Gasteiger charge is 2.41. The lowest BCUT2D eigenvalue weighted by Gasteiger charge is -2.31. The number of primary amides is 2. The van der Waals surface area contributed by atoms with E-state index in [1.165, 1.54) is 18.7 Å². The Hall–Kier alpha value is -7.50. The molecule has 30 heteroatoms. The summed E-state index contributed by atoms with van der Waals surface area (Å²) < 4.78 is 0. The minimum atomic E-state index is -1.60. The van der Waals surface area contributed by atoms with Crippen LogP contribution in [0.25, 0.3) is 0 Å². The average molecular weight is 1150 g/mol. The first-order valence-corrected chi connectivity index (χ1v) is 27.3. The van der Waals surface area contributed by atoms with Gasteiger partial charge in [0.25, 0.3) is 0 Å². The molecule has 0 radical (unpaired) electrons. The maximum absolute atomic E-state index is 14.1. The number of aliphatic carboxylic acids is 2. The Labute approximate surface area is 471 Å². The molecule has 1 aliphatic heterocycles. The van der Waals surface area contributed by atoms with Gasteiger partial charge in [-0.05, 0) is 89.5 Å². The molecule has 1 rings (SSSR count). The largest absolute Gasteiger partial charge is 0.481 e. The van der Waals surface area contributed by atoms with Crippen molar-refractivity contribution in [1.82, 2.24) is 52.8 Å². The summed E-state index contributed by atoms with van der Waals surface area (Å²) in [6.45, 7) is 12.2. The topological polar surface area (TPSA) is 495 Å². The fourth-order valence-corrected chi connectivity index (χ4v) is 8.37. The number of nitrogens with zero attached hydrogens (tertiary/aromatic N) is 1. The van der Waals surface area contributed by atoms with Crippen LogP contribution < -0.4 is 70.8 Å². The van der Waals surface area contributed by atoms with Crippen LogP contribution in [0.1, 0.15) is 139 Å². The van der Waals surface area contributed by atoms with Gasteiger partial charge in [0.1, 0.15) is 54.4 Å². The van der Waals surface area contributed by atoms with Crippen LogP contribution in [0.15, 0.2) is 0 Å². The zero-order valence-corrected chi connectivity index (χ0v) is 47.7. The lowest BCUT2D eigenvalue weighted by atomic mass is 9.98. The molecule has 1 aliphatic rings. The van der Waals surface area contributed by atoms with E-state index < -0.39 is 174 Å². The summed E-state index contributed by atoms with van der Waals surface area (Å²) in [4.78, 5) is 183. The van der Waals surface area contributed by atoms with Gasteiger partial charge in [-0.1, -0.05) is 54.4 Å². The van der Waals surface area contributed by atoms with E-state index in [9.17, 15) is 77.3 Å². The molecule has 0 aromatic rings. The van der Waals surface area contributed by atoms with Crippen molar-refractivity contribution in [2.24, 2.45) is 40.7 Å². The zero-order valence-electron chi connectivity index (χ0n) is 47.7. The van der Waals surface area contributed by atoms with Gasteiger partial charge in [-0.3, -0.25) is 62.3 Å². The maximum atomic E-state index is 14.1. The molecule has 0 saturated carbocycles. The molecule has 0 bridgehead atoms. The summed E-state index contributed by atoms with van der Waals surface area (Å²) in [5.41, 5.74) is 22.1. The molecule has 81 heavy (non-hydrogen) atoms. The summed E-state index contributed by atoms with van der Waals surface area (Å²) >= 11 is 0. The number of hydrogen-bond donors (Lipinski definition) is 15. The molecule has 1 heterocycles. The second-order valence-electron chi connectivity index (χ2n) is 21.1. The number of hydrogen-bond acceptors (Lipinski definition) is 16. The van der Waals surface area contributed by atoms with Gasteiger partial charge in [0.2, 0.25) is 70.9 Å². The average Bonchev–Trinajstić information content (AvgIpc) is 3.90. The SMILES string of the molecule is CC[C@H](C)[C@H](NC(=O)[C@H](CCC(N)=O)NC(=O)[C@H](CC(C)C)NC(=O)CNC(=O)[C@H](C)NC(=O)[C@H](CCC(=O)O)NC(=O)[C@@H](NC(=O)[C@@H]1CCCN1C(=O)[C@H](CCC(N)=O)NC(=O)[C@H](C)NC(=O)[C@@H](N)CCCCN)C(C)C)C(=O)O. The molecule has 0 aromatic heterocycles. The van der Waals surface area contributed by atoms with Crippen molar-refractivity contribution in [3.63, 3.8) is 0 Å². The molecular formula is C51H88N14O16. The molecular weight excluding hydrogens is 1060 g/mol. The highest BCUT2D eigenvalue weighted by Crippen LogP contribution is 2.21. The van der Waals surface area contributed by atoms with Crippen LogP contribution in [0.3, 0.4) is 0 Å². The molecule has 0 unspecified atom stereocenters. The Kier molecular flexibility index (Phi) is 31.8. The van der Waals surface area contributed by atoms with Crippen molar-refractivity contribution < 1.29 is 77.3 Å². The fraction of sp³-hybridized carbons (Fsp3) is 0.725. The van der Waals surface area contributed by atoms with Crippen LogP contribution >= 0.6 is 0 Å². The van der Waals surface area contributed by atoms with Crippen LogP contribution in [-0.4, -0.2) is 178 Å². The number of carboxylic acid groups (broad SMARTS) is 2. The van der Waals surface area contributed by atoms with E-state index in [4.69, 9.17) is 22.9 Å². The van der Waals surface area contributed by atoms with Crippen LogP contribution in [0.5, 0.6) is 0 Å². The number of carboxylic acids is 2. The quantitative estimate of drug-likeness (QED) is 0.0260. The fourth-order valence-electron chi connectivity index (χ4n) is 8.37. The summed E-state index contributed by atoms with van der Waals surface area (Å²) in [5.74, 6) is -14.2. The number of nitrogens with two attached hydrogens (primary N) is 4. The van der Waals surface area contributed by atoms with Crippen LogP contribution in [0.2, 0.25) is 0 Å². The van der Waals surface area contributed by atoms with Gasteiger partial charge >= 0.3 is 11.9 Å². The Morgan fingerprint density at radius 2 is 1.09 bits per heavy atom. The minimum absolute atomic E-state index is 0.0225. The van der Waals surface area contributed by atoms with Gasteiger partial charge in [-0.2, -0.15) is 0 Å². The molecule has 12 amide bonds. The van der Waals surface area contributed by atoms with E-state index >= 15 is 0 Å². The standard InChI is InChI=1S/C51H88N14O16/c1-9-27(6)41(51(80)81)64-46(75)31(15-18-36(54)66)60-47(76)34(23-25(2)3)59-38(68)24-56-42(71)28(7)58-45(74)32(17-20-39(69)70)61-49(78)40(26(4)5)63-48(77)35-14-12-22-65(35)50(79)33(16-19-37(55)67)62-43(72)29(8)57-44(73)30(53)13-10-11-21-52/h25-35,40-41H,9-24,52-53H2,1-8H3,(H2,54,66)(H2,55,67)(H,56,71)(H,57,73)(H,58,74)(H,59,68)(H,60,76)(H,61,78)(H,62,72)(H,63,77)(H,64,75)(H,69,70)(H,80,81)/t27-,28-,29-,30-,31-,32-,33-,34-,35-,40-,41-/m0/s1. The highest BCUT2D eigenvalue weighted by atomic mass is 16.4. The summed E-state index contributed by atoms with van der Waals surface area (Å²) in [6.07, 6.45) is -0.00764. The highest BCUT2D eigenvalue weighted by molar-refractivity contribution is 5.99. The van der Waals surface area contributed by atoms with Crippen molar-refractivity contribution in [2.75, 3.05) is 19.6 Å². The Bertz CT molecular complexity index is 2230. The van der Waals surface area contributed by atoms with Crippen LogP contribution in [0.4, 0.5) is 0 Å². The number of carbonyl (C=O) groups is 14. The molecule has 1 saturated heterocycles. The van der Waals surface area contributed by atoms with E-state index in [0.29, 0.717) is 38.6 Å². The second-order valence-corrected chi connectivity index (χ2v) is 21.1. The third-order valence-electron chi connectivity index (χ3n) is 13.3. The Morgan fingerprint density at radius 3 is 1.62 bits per heavy atom. The molecule has 0 aliphatic carbocycles. The van der Waals surface area contributed by atoms with Crippen molar-refractivity contribution in [3.05, 3.63) is 0 Å². The molecule has 458 valence electrons. The van der Waals surface area contributed by atoms with Crippen LogP contribution in [-0.2, 0) is 67.1 Å². The van der Waals surface area contributed by atoms with Crippen molar-refractivity contribution in [2.45, 2.75) is 199 Å². The monoisotopic (exact) mass is 1150 g/mol. The minimum Gasteiger partial charge on any atom is -0.481 e. The van der Waals surface area contributed by atoms with Gasteiger partial charge in [-0.15, -0.1) is 0 Å². The molecule has 1 fully saturated rings. The van der Waals surface area contributed by atoms with E-state index in [2.05, 4.69) is 47.9 Å². The van der Waals surface area contributed by atoms with Gasteiger partial charge in [0.15, 0.2) is 0 Å². The maximum Gasteiger partial charge on any atom is 0.326 e. The third kappa shape index (κ3) is 26.1. The Balaban J connectivity index is 3.17. The first kappa shape index (κ1) is 71.5. The predicted molar refractivity (Wildman–Crippen MR) is 291 cm³/mol.